The molecule has 2 aliphatic carbocycles. The highest BCUT2D eigenvalue weighted by Crippen LogP contribution is 2.50. The number of fused-ring (bicyclic) bond motifs is 2. The van der Waals surface area contributed by atoms with Crippen molar-refractivity contribution in [1.82, 2.24) is 20.3 Å². The summed E-state index contributed by atoms with van der Waals surface area (Å²) in [5.74, 6) is -1.62. The third kappa shape index (κ3) is 9.65. The number of carbonyl (C=O) groups excluding carboxylic acids is 4. The number of nitrogens with zero attached hydrogens (tertiary/aromatic N) is 1. The van der Waals surface area contributed by atoms with Crippen LogP contribution in [0.5, 0.6) is 0 Å². The van der Waals surface area contributed by atoms with Gasteiger partial charge in [-0.15, -0.1) is 18.3 Å². The van der Waals surface area contributed by atoms with Crippen molar-refractivity contribution < 1.29 is 32.3 Å². The van der Waals surface area contributed by atoms with Crippen LogP contribution in [0.4, 0.5) is 4.79 Å². The highest BCUT2D eigenvalue weighted by Gasteiger charge is 2.62. The summed E-state index contributed by atoms with van der Waals surface area (Å²) < 4.78 is 32.7. The lowest BCUT2D eigenvalue weighted by molar-refractivity contribution is -0.141. The summed E-state index contributed by atoms with van der Waals surface area (Å²) in [6.07, 6.45) is 11.4. The lowest BCUT2D eigenvalue weighted by Gasteiger charge is -2.31. The standard InChI is InChI=1S/C42H54N4O7S2/c1-5-31-26-42(31,38(49)45-55(51,52)33-23-24-33)44-36(47)35-27-41(32-21-19-30(20-22-32)29-16-12-11-13-17-29)28-46(35)37(48)34(43-39(50)53-40(2,3)4)18-14-9-7-6-8-10-15-25-54-41/h5,10-13,15-17,19-22,31,33-35H,1,6-9,14,18,23-28H2,2-4H3,(H,43,50)(H,44,47)(H,45,49)/b15-10-/t31-,34+,35+,41-,42-/m1/s1. The third-order valence-electron chi connectivity index (χ3n) is 10.9. The molecule has 0 spiro atoms. The molecule has 55 heavy (non-hydrogen) atoms. The Morgan fingerprint density at radius 1 is 0.927 bits per heavy atom. The fourth-order valence-corrected chi connectivity index (χ4v) is 10.3. The number of hydrogen-bond acceptors (Lipinski definition) is 8. The van der Waals surface area contributed by atoms with Crippen molar-refractivity contribution in [3.05, 3.63) is 85.0 Å². The van der Waals surface area contributed by atoms with E-state index in [1.54, 1.807) is 43.5 Å². The number of rotatable bonds is 9. The fraction of sp³-hybridized carbons (Fsp3) is 0.524. The first-order valence-corrected chi connectivity index (χ1v) is 22.0. The number of allylic oxidation sites excluding steroid dienone is 1. The molecule has 2 heterocycles. The van der Waals surface area contributed by atoms with Crippen LogP contribution >= 0.6 is 11.8 Å². The normalized spacial score (nSPS) is 28.2. The minimum absolute atomic E-state index is 0.166. The minimum Gasteiger partial charge on any atom is -0.444 e. The van der Waals surface area contributed by atoms with Gasteiger partial charge in [0.05, 0.1) is 10.00 Å². The number of hydrogen-bond donors (Lipinski definition) is 3. The molecular formula is C42H54N4O7S2. The smallest absolute Gasteiger partial charge is 0.408 e. The van der Waals surface area contributed by atoms with E-state index in [0.29, 0.717) is 31.4 Å². The summed E-state index contributed by atoms with van der Waals surface area (Å²) in [6.45, 7) is 9.27. The van der Waals surface area contributed by atoms with Crippen LogP contribution in [0.2, 0.25) is 0 Å². The molecule has 6 rings (SSSR count). The van der Waals surface area contributed by atoms with Gasteiger partial charge in [-0.25, -0.2) is 13.2 Å². The maximum Gasteiger partial charge on any atom is 0.408 e. The molecule has 2 aromatic carbocycles. The first-order valence-electron chi connectivity index (χ1n) is 19.4. The molecular weight excluding hydrogens is 737 g/mol. The SMILES string of the molecule is C=C[C@@H]1C[C@]1(NC(=O)[C@@H]1C[C@]2(c3ccc(-c4ccccc4)cc3)CN1C(=O)[C@@H](NC(=O)OC(C)(C)C)CCCCCC/C=C\CS2)C(=O)NS(=O)(=O)C1CC1. The average Bonchev–Trinajstić information content (AvgIpc) is 4.08. The van der Waals surface area contributed by atoms with E-state index < -0.39 is 73.0 Å². The Morgan fingerprint density at radius 3 is 2.27 bits per heavy atom. The van der Waals surface area contributed by atoms with Crippen LogP contribution in [0.25, 0.3) is 11.1 Å². The molecule has 13 heteroatoms. The zero-order chi connectivity index (χ0) is 39.4. The third-order valence-corrected chi connectivity index (χ3v) is 14.2. The van der Waals surface area contributed by atoms with E-state index in [9.17, 15) is 27.6 Å². The molecule has 2 aromatic rings. The van der Waals surface area contributed by atoms with Crippen LogP contribution in [0.15, 0.2) is 79.4 Å². The zero-order valence-electron chi connectivity index (χ0n) is 32.1. The minimum atomic E-state index is -3.89. The number of carbonyl (C=O) groups is 4. The molecule has 0 radical (unpaired) electrons. The summed E-state index contributed by atoms with van der Waals surface area (Å²) in [5, 5.41) is 5.13. The Morgan fingerprint density at radius 2 is 1.62 bits per heavy atom. The Hall–Kier alpha value is -4.10. The van der Waals surface area contributed by atoms with Gasteiger partial charge in [0.15, 0.2) is 0 Å². The molecule has 1 saturated heterocycles. The first-order chi connectivity index (χ1) is 26.2. The van der Waals surface area contributed by atoms with Crippen molar-refractivity contribution in [2.75, 3.05) is 12.3 Å². The second-order valence-electron chi connectivity index (χ2n) is 16.3. The average molecular weight is 791 g/mol. The van der Waals surface area contributed by atoms with Crippen LogP contribution in [0, 0.1) is 5.92 Å². The second-order valence-corrected chi connectivity index (χ2v) is 19.6. The number of alkyl carbamates (subject to hydrolysis) is 1. The van der Waals surface area contributed by atoms with Gasteiger partial charge < -0.3 is 20.3 Å². The van der Waals surface area contributed by atoms with Crippen LogP contribution in [-0.4, -0.2) is 77.9 Å². The van der Waals surface area contributed by atoms with Crippen molar-refractivity contribution in [2.24, 2.45) is 5.92 Å². The van der Waals surface area contributed by atoms with Crippen molar-refractivity contribution in [2.45, 2.75) is 118 Å². The van der Waals surface area contributed by atoms with Gasteiger partial charge in [-0.2, -0.15) is 0 Å². The molecule has 2 saturated carbocycles. The number of thioether (sulfide) groups is 1. The maximum atomic E-state index is 14.9. The molecule has 4 aliphatic rings. The number of amides is 4. The van der Waals surface area contributed by atoms with Gasteiger partial charge in [0.1, 0.15) is 23.2 Å². The zero-order valence-corrected chi connectivity index (χ0v) is 33.7. The quantitative estimate of drug-likeness (QED) is 0.249. The predicted octanol–water partition coefficient (Wildman–Crippen LogP) is 6.36. The number of nitrogens with one attached hydrogen (secondary N) is 3. The molecule has 11 nitrogen and oxygen atoms in total. The molecule has 4 amide bonds. The van der Waals surface area contributed by atoms with E-state index in [0.717, 1.165) is 42.4 Å². The van der Waals surface area contributed by atoms with E-state index in [1.165, 1.54) is 0 Å². The van der Waals surface area contributed by atoms with Gasteiger partial charge >= 0.3 is 6.09 Å². The molecule has 0 aromatic heterocycles. The lowest BCUT2D eigenvalue weighted by atomic mass is 9.93. The summed E-state index contributed by atoms with van der Waals surface area (Å²) in [7, 11) is -3.89. The van der Waals surface area contributed by atoms with E-state index in [2.05, 4.69) is 58.4 Å². The monoisotopic (exact) mass is 790 g/mol. The predicted molar refractivity (Wildman–Crippen MR) is 215 cm³/mol. The Kier molecular flexibility index (Phi) is 12.2. The van der Waals surface area contributed by atoms with Crippen LogP contribution < -0.4 is 15.4 Å². The van der Waals surface area contributed by atoms with Gasteiger partial charge in [-0.3, -0.25) is 19.1 Å². The summed E-state index contributed by atoms with van der Waals surface area (Å²) in [5.41, 5.74) is 0.732. The topological polar surface area (TPSA) is 151 Å². The summed E-state index contributed by atoms with van der Waals surface area (Å²) in [4.78, 5) is 57.9. The van der Waals surface area contributed by atoms with Crippen molar-refractivity contribution in [1.29, 1.82) is 0 Å². The highest BCUT2D eigenvalue weighted by molar-refractivity contribution is 8.00. The fourth-order valence-electron chi connectivity index (χ4n) is 7.62. The number of benzene rings is 2. The van der Waals surface area contributed by atoms with E-state index in [-0.39, 0.29) is 19.4 Å². The highest BCUT2D eigenvalue weighted by atomic mass is 32.2. The molecule has 2 aliphatic heterocycles. The largest absolute Gasteiger partial charge is 0.444 e. The van der Waals surface area contributed by atoms with Crippen LogP contribution in [0.1, 0.15) is 90.5 Å². The van der Waals surface area contributed by atoms with Crippen molar-refractivity contribution >= 4 is 45.6 Å². The molecule has 0 unspecified atom stereocenters. The molecule has 2 bridgehead atoms. The number of sulfonamides is 1. The van der Waals surface area contributed by atoms with Crippen LogP contribution in [0.3, 0.4) is 0 Å². The molecule has 5 atom stereocenters. The summed E-state index contributed by atoms with van der Waals surface area (Å²) >= 11 is 1.66. The van der Waals surface area contributed by atoms with E-state index in [1.807, 2.05) is 30.3 Å². The van der Waals surface area contributed by atoms with E-state index >= 15 is 0 Å². The van der Waals surface area contributed by atoms with Gasteiger partial charge in [0.2, 0.25) is 21.8 Å². The van der Waals surface area contributed by atoms with Gasteiger partial charge in [0.25, 0.3) is 5.91 Å². The number of ether oxygens (including phenoxy) is 1. The molecule has 296 valence electrons. The van der Waals surface area contributed by atoms with Gasteiger partial charge in [-0.1, -0.05) is 92.1 Å². The second kappa shape index (κ2) is 16.6. The van der Waals surface area contributed by atoms with Crippen molar-refractivity contribution in [3.63, 3.8) is 0 Å². The van der Waals surface area contributed by atoms with Crippen molar-refractivity contribution in [3.8, 4) is 11.1 Å². The van der Waals surface area contributed by atoms with E-state index in [4.69, 9.17) is 4.74 Å². The Bertz CT molecular complexity index is 1890. The Balaban J connectivity index is 1.37. The molecule has 3 fully saturated rings. The summed E-state index contributed by atoms with van der Waals surface area (Å²) in [6, 6.07) is 16.2. The van der Waals surface area contributed by atoms with Gasteiger partial charge in [-0.05, 0) is 82.4 Å². The van der Waals surface area contributed by atoms with Crippen LogP contribution in [-0.2, 0) is 33.9 Å². The Labute approximate surface area is 329 Å². The first kappa shape index (κ1) is 40.6. The molecule has 3 N–H and O–H groups in total. The van der Waals surface area contributed by atoms with Gasteiger partial charge in [0, 0.05) is 18.2 Å². The maximum absolute atomic E-state index is 14.9. The lowest BCUT2D eigenvalue weighted by Crippen LogP contribution is -2.58.